The number of hydrogen-bond acceptors (Lipinski definition) is 35. The Morgan fingerprint density at radius 3 is 2.08 bits per heavy atom. The summed E-state index contributed by atoms with van der Waals surface area (Å²) in [6.07, 6.45) is -16.6. The average Bonchev–Trinajstić information content (AvgIpc) is 1.62. The highest BCUT2D eigenvalue weighted by Crippen LogP contribution is 2.51. The number of thioether (sulfide) groups is 1. The Morgan fingerprint density at radius 2 is 1.43 bits per heavy atom. The maximum atomic E-state index is 14.7. The number of nitrogens with zero attached hydrogens (tertiary/aromatic N) is 1. The van der Waals surface area contributed by atoms with Gasteiger partial charge in [0.05, 0.1) is 104 Å². The number of nitrogens with two attached hydrogens (primary N) is 1. The van der Waals surface area contributed by atoms with Gasteiger partial charge in [0, 0.05) is 98.4 Å². The van der Waals surface area contributed by atoms with Crippen LogP contribution < -0.4 is 52.0 Å². The van der Waals surface area contributed by atoms with E-state index in [2.05, 4.69) is 55.7 Å². The molecule has 39 nitrogen and oxygen atoms in total. The number of ether oxygens (including phenoxy) is 14. The molecule has 786 valence electrons. The fourth-order valence-electron chi connectivity index (χ4n) is 18.1. The third-order valence-electron chi connectivity index (χ3n) is 25.8. The molecule has 3 aliphatic carbocycles. The molecule has 0 unspecified atom stereocenters. The molecule has 11 rings (SSSR count). The second-order valence-corrected chi connectivity index (χ2v) is 41.3. The number of aliphatic hydroxyl groups is 6. The molecule has 0 aromatic heterocycles. The highest BCUT2D eigenvalue weighted by atomic mass is 127. The normalized spacial score (nSPS) is 26.8. The summed E-state index contributed by atoms with van der Waals surface area (Å²) in [6, 6.07) is 17.0. The number of rotatable bonds is 46. The molecule has 4 aromatic rings. The highest BCUT2D eigenvalue weighted by Gasteiger charge is 2.53. The number of halogens is 1. The van der Waals surface area contributed by atoms with Crippen LogP contribution in [0.25, 0.3) is 11.1 Å². The molecule has 4 fully saturated rings. The largest absolute Gasteiger partial charge is 0.492 e. The molecule has 7 aliphatic rings. The molecule has 0 spiro atoms. The van der Waals surface area contributed by atoms with Crippen molar-refractivity contribution in [3.05, 3.63) is 139 Å². The summed E-state index contributed by atoms with van der Waals surface area (Å²) >= 11 is 2.75. The van der Waals surface area contributed by atoms with Crippen molar-refractivity contribution in [2.24, 2.45) is 17.6 Å². The van der Waals surface area contributed by atoms with E-state index in [0.29, 0.717) is 27.5 Å². The van der Waals surface area contributed by atoms with Crippen LogP contribution in [0, 0.1) is 46.0 Å². The van der Waals surface area contributed by atoms with Gasteiger partial charge in [-0.05, 0) is 153 Å². The summed E-state index contributed by atoms with van der Waals surface area (Å²) in [5, 5.41) is 81.4. The smallest absolute Gasteiger partial charge is 0.410 e. The molecule has 4 aromatic carbocycles. The SMILES string of the molecule is CCN(C(=O)OCc1ccc(NC(=O)[C@H](CCCNC(N)=O)NC(=O)[C@@H](NC(=O)[C@H](CCCCNC(=O)OCC2c3ccccc3-c3ccccc32)CC(C)=O)C(C)C)cc1)[C@H]1CO[C@@H](O[C@H]2[C@H](O[C@H]3C#C/C=C\C#C[C@]4(O)CC(=O)C(CC(=O)OC)=C3/C4=C\CSS[C@H](C)CO)O[C@H](C)[C@@H](NO[C@H]3C[C@H](O)[C@H](SC(=O)c4c(C)c(I)c(O[C@@H]5O[C@@H](C)[C@H](O)[C@@H](OC)[C@H]5O)c(OC)c4OC)[C@@H](C)O3)[C@@H]2O)C[C@@H]1OC. The third kappa shape index (κ3) is 29.3. The van der Waals surface area contributed by atoms with Gasteiger partial charge in [-0.1, -0.05) is 151 Å². The number of amides is 7. The third-order valence-corrected chi connectivity index (χ3v) is 31.2. The number of Topliss-reactive ketones (excluding diaryl/α,β-unsaturated/α-hetero) is 2. The lowest BCUT2D eigenvalue weighted by molar-refractivity contribution is -0.337. The van der Waals surface area contributed by atoms with Crippen LogP contribution in [0.3, 0.4) is 0 Å². The van der Waals surface area contributed by atoms with Gasteiger partial charge in [-0.2, -0.15) is 5.48 Å². The first-order chi connectivity index (χ1) is 68.9. The van der Waals surface area contributed by atoms with Crippen molar-refractivity contribution in [3.63, 3.8) is 0 Å². The average molecular weight is 2180 g/mol. The summed E-state index contributed by atoms with van der Waals surface area (Å²) in [4.78, 5) is 145. The number of nitrogens with one attached hydrogen (secondary N) is 6. The molecule has 2 bridgehead atoms. The fraction of sp³-hybridized carbons (Fsp3) is 0.564. The molecule has 4 heterocycles. The van der Waals surface area contributed by atoms with Crippen LogP contribution in [-0.4, -0.2) is 307 Å². The molecule has 7 amide bonds. The van der Waals surface area contributed by atoms with Crippen LogP contribution in [0.15, 0.2) is 108 Å². The van der Waals surface area contributed by atoms with E-state index in [-0.39, 0.29) is 153 Å². The van der Waals surface area contributed by atoms with Crippen LogP contribution in [-0.2, 0) is 92.3 Å². The number of likely N-dealkylation sites (N-methyl/N-ethyl adjacent to an activating group) is 1. The zero-order valence-electron chi connectivity index (χ0n) is 82.8. The van der Waals surface area contributed by atoms with Crippen molar-refractivity contribution in [1.82, 2.24) is 31.6 Å². The second kappa shape index (κ2) is 54.4. The van der Waals surface area contributed by atoms with Gasteiger partial charge in [0.25, 0.3) is 0 Å². The van der Waals surface area contributed by atoms with Crippen molar-refractivity contribution in [3.8, 4) is 52.1 Å². The maximum absolute atomic E-state index is 14.7. The summed E-state index contributed by atoms with van der Waals surface area (Å²) in [7, 11) is 9.26. The molecular formula is C101H131IN8O31S3. The zero-order valence-corrected chi connectivity index (χ0v) is 87.4. The van der Waals surface area contributed by atoms with Crippen LogP contribution in [0.4, 0.5) is 20.1 Å². The first kappa shape index (κ1) is 115. The quantitative estimate of drug-likeness (QED) is 0.00380. The number of esters is 1. The number of urea groups is 1. The topological polar surface area (TPSA) is 532 Å². The van der Waals surface area contributed by atoms with Gasteiger partial charge in [-0.3, -0.25) is 33.6 Å². The number of primary amides is 1. The molecule has 0 saturated carbocycles. The zero-order chi connectivity index (χ0) is 105. The lowest BCUT2D eigenvalue weighted by Gasteiger charge is -2.47. The van der Waals surface area contributed by atoms with E-state index in [4.69, 9.17) is 76.9 Å². The van der Waals surface area contributed by atoms with E-state index < -0.39 is 205 Å². The van der Waals surface area contributed by atoms with Gasteiger partial charge in [-0.15, -0.1) is 0 Å². The van der Waals surface area contributed by atoms with Gasteiger partial charge in [-0.25, -0.2) is 14.4 Å². The lowest BCUT2D eigenvalue weighted by atomic mass is 9.72. The van der Waals surface area contributed by atoms with Crippen molar-refractivity contribution < 1.29 is 150 Å². The summed E-state index contributed by atoms with van der Waals surface area (Å²) < 4.78 is 85.6. The Kier molecular flexibility index (Phi) is 43.4. The minimum Gasteiger partial charge on any atom is -0.492 e. The van der Waals surface area contributed by atoms with Crippen molar-refractivity contribution in [1.29, 1.82) is 0 Å². The van der Waals surface area contributed by atoms with E-state index >= 15 is 0 Å². The number of hydroxylamine groups is 1. The van der Waals surface area contributed by atoms with E-state index in [0.717, 1.165) is 41.1 Å². The fourth-order valence-corrected chi connectivity index (χ4v) is 21.8. The van der Waals surface area contributed by atoms with Gasteiger partial charge in [0.2, 0.25) is 34.9 Å². The summed E-state index contributed by atoms with van der Waals surface area (Å²) in [6.45, 7) is 14.6. The Hall–Kier alpha value is -9.54. The maximum Gasteiger partial charge on any atom is 0.410 e. The molecule has 144 heavy (non-hydrogen) atoms. The lowest BCUT2D eigenvalue weighted by Crippen LogP contribution is -2.65. The molecule has 4 saturated heterocycles. The number of alkyl carbamates (subject to hydrolysis) is 1. The van der Waals surface area contributed by atoms with Gasteiger partial charge < -0.3 is 139 Å². The first-order valence-electron chi connectivity index (χ1n) is 47.7. The number of ketones is 2. The van der Waals surface area contributed by atoms with Gasteiger partial charge >= 0.3 is 24.2 Å². The van der Waals surface area contributed by atoms with Crippen LogP contribution >= 0.6 is 55.9 Å². The Labute approximate surface area is 862 Å². The van der Waals surface area contributed by atoms with Crippen LogP contribution in [0.2, 0.25) is 0 Å². The van der Waals surface area contributed by atoms with E-state index in [1.54, 1.807) is 78.8 Å². The number of methoxy groups -OCH3 is 5. The number of unbranched alkanes of at least 4 members (excludes halogenated alkanes) is 1. The van der Waals surface area contributed by atoms with Crippen LogP contribution in [0.5, 0.6) is 17.2 Å². The second-order valence-electron chi connectivity index (χ2n) is 36.2. The number of hydrogen-bond donors (Lipinski definition) is 13. The predicted molar refractivity (Wildman–Crippen MR) is 539 cm³/mol. The number of carbonyl (C=O) groups is 10. The van der Waals surface area contributed by atoms with Crippen molar-refractivity contribution in [2.45, 2.75) is 272 Å². The Morgan fingerprint density at radius 1 is 0.743 bits per heavy atom. The number of anilines is 1. The minimum absolute atomic E-state index is 0.00378. The number of fused-ring (bicyclic) bond motifs is 5. The van der Waals surface area contributed by atoms with Crippen molar-refractivity contribution in [2.75, 3.05) is 86.1 Å². The Bertz CT molecular complexity index is 5350. The van der Waals surface area contributed by atoms with E-state index in [9.17, 15) is 78.6 Å². The molecule has 4 aliphatic heterocycles. The summed E-state index contributed by atoms with van der Waals surface area (Å²) in [5.74, 6) is 6.61. The number of allylic oxidation sites excluding steroid dienone is 2. The molecule has 43 heteroatoms. The standard InChI is InChI=1S/C101H131IN8O31S3/c1-15-110(100(125)134-49-59-34-36-61(37-35-59)106-93(120)69(32-26-41-104-98(103)123)107-94(121)81(52(2)3)108-92(119)60(43-53(4)112)27-23-25-40-105-99(124)133-50-67-64-30-21-19-28-62(64)63-29-20-22-31-65(63)67)70-51-132-76(46-74(70)127-10)139-89-84(117)82(56(7)136-97(89)138-73-33-18-16-17-24-39-101(126)47-72(114)66(44-75(115)128-11)79(73)68(101)38-42-142-144-54(5)48-111)109-141-77-45-71(113)91(58(9)135-77)143-95(122)78-55(6)80(102)87(90(131-14)86(78)129-12)140-96-85(118)88(130-13)83(116)57(8)137-96/h16-17,19-22,28-31,34-38,52,54,56-58,60,67,69-71,73-74,76-77,81-85,88-89,91,96-97,109,111,113,116-118,126H,15,23,25-27,32,40-51H2,1-14H3,(H,105,124)(H,106,120)(H,107,121)(H,108,119)(H3,103,104,123)/b17-16-,68-38+/t54-,56-,57+,58-,60-,69+,70+,71+,73+,74+,76+,77+,81+,82-,83+,84+,85-,88-,89-,91-,96+,97+,101+/m1/s1. The molecule has 0 radical (unpaired) electrons. The Balaban J connectivity index is 0.746. The number of carbonyl (C=O) groups excluding carboxylic acids is 10. The van der Waals surface area contributed by atoms with Crippen molar-refractivity contribution >= 4 is 120 Å². The van der Waals surface area contributed by atoms with E-state index in [1.807, 2.05) is 78.0 Å². The predicted octanol–water partition coefficient (Wildman–Crippen LogP) is 7.92. The van der Waals surface area contributed by atoms with Gasteiger partial charge in [0.15, 0.2) is 41.8 Å². The molecule has 23 atom stereocenters. The molecular weight excluding hydrogens is 2040 g/mol. The number of aliphatic hydroxyl groups excluding tert-OH is 5. The molecule has 14 N–H and O–H groups in total. The minimum atomic E-state index is -2.18. The van der Waals surface area contributed by atoms with Crippen LogP contribution in [0.1, 0.15) is 158 Å². The van der Waals surface area contributed by atoms with E-state index in [1.165, 1.54) is 74.0 Å². The monoisotopic (exact) mass is 2170 g/mol. The number of benzene rings is 4. The first-order valence-corrected chi connectivity index (χ1v) is 52.0. The highest BCUT2D eigenvalue weighted by molar-refractivity contribution is 14.1. The summed E-state index contributed by atoms with van der Waals surface area (Å²) in [5.41, 5.74) is 11.5. The van der Waals surface area contributed by atoms with Gasteiger partial charge in [0.1, 0.15) is 67.7 Å².